The molecule has 0 aliphatic heterocycles. The molecule has 1 N–H and O–H groups in total. The van der Waals surface area contributed by atoms with E-state index in [-0.39, 0.29) is 10.8 Å². The second-order valence-corrected chi connectivity index (χ2v) is 11.2. The molecule has 11 heteroatoms. The fourth-order valence-corrected chi connectivity index (χ4v) is 4.87. The van der Waals surface area contributed by atoms with Crippen LogP contribution in [0.2, 0.25) is 0 Å². The summed E-state index contributed by atoms with van der Waals surface area (Å²) in [6.07, 6.45) is 0. The van der Waals surface area contributed by atoms with Crippen molar-refractivity contribution in [2.75, 3.05) is 0 Å². The van der Waals surface area contributed by atoms with Gasteiger partial charge in [0.25, 0.3) is 0 Å². The number of hydrogen-bond donors (Lipinski definition) is 1. The minimum atomic E-state index is -4.02. The number of esters is 1. The second-order valence-electron chi connectivity index (χ2n) is 9.45. The average molecular weight is 486 g/mol. The zero-order chi connectivity index (χ0) is 24.8. The van der Waals surface area contributed by atoms with E-state index in [9.17, 15) is 13.2 Å². The monoisotopic (exact) mass is 485 g/mol. The van der Waals surface area contributed by atoms with Crippen molar-refractivity contribution in [2.24, 2.45) is 13.0 Å². The predicted molar refractivity (Wildman–Crippen MR) is 126 cm³/mol. The number of benzene rings is 2. The van der Waals surface area contributed by atoms with E-state index >= 15 is 0 Å². The summed E-state index contributed by atoms with van der Waals surface area (Å²) >= 11 is 0. The number of sulfonamides is 1. The van der Waals surface area contributed by atoms with Crippen LogP contribution in [0.25, 0.3) is 33.3 Å². The van der Waals surface area contributed by atoms with Crippen LogP contribution in [0.5, 0.6) is 0 Å². The summed E-state index contributed by atoms with van der Waals surface area (Å²) in [6, 6.07) is 9.06. The first-order valence-electron chi connectivity index (χ1n) is 10.8. The number of aromatic nitrogens is 4. The first-order valence-corrected chi connectivity index (χ1v) is 12.3. The Morgan fingerprint density at radius 3 is 2.44 bits per heavy atom. The summed E-state index contributed by atoms with van der Waals surface area (Å²) in [4.78, 5) is 14.0. The molecule has 1 unspecified atom stereocenters. The van der Waals surface area contributed by atoms with E-state index in [1.54, 1.807) is 53.8 Å². The molecular weight excluding hydrogens is 458 g/mol. The van der Waals surface area contributed by atoms with Crippen LogP contribution in [-0.2, 0) is 26.6 Å². The van der Waals surface area contributed by atoms with Gasteiger partial charge in [0.2, 0.25) is 15.8 Å². The number of aryl methyl sites for hydroxylation is 1. The van der Waals surface area contributed by atoms with Gasteiger partial charge in [-0.1, -0.05) is 13.8 Å². The fourth-order valence-electron chi connectivity index (χ4n) is 3.52. The van der Waals surface area contributed by atoms with Gasteiger partial charge in [-0.15, -0.1) is 10.2 Å². The molecule has 180 valence electrons. The van der Waals surface area contributed by atoms with Crippen molar-refractivity contribution in [3.05, 3.63) is 36.4 Å². The first kappa shape index (κ1) is 23.8. The van der Waals surface area contributed by atoms with E-state index in [0.29, 0.717) is 17.0 Å². The van der Waals surface area contributed by atoms with Gasteiger partial charge in [0.05, 0.1) is 11.9 Å². The minimum Gasteiger partial charge on any atom is -0.459 e. The van der Waals surface area contributed by atoms with Gasteiger partial charge in [-0.3, -0.25) is 4.79 Å². The predicted octanol–water partition coefficient (Wildman–Crippen LogP) is 3.42. The van der Waals surface area contributed by atoms with Crippen molar-refractivity contribution in [2.45, 2.75) is 51.2 Å². The lowest BCUT2D eigenvalue weighted by molar-refractivity contribution is -0.158. The molecule has 4 aromatic rings. The van der Waals surface area contributed by atoms with Gasteiger partial charge in [-0.25, -0.2) is 8.42 Å². The quantitative estimate of drug-likeness (QED) is 0.411. The number of fused-ring (bicyclic) bond motifs is 3. The summed E-state index contributed by atoms with van der Waals surface area (Å²) < 4.78 is 40.1. The Morgan fingerprint density at radius 1 is 1.09 bits per heavy atom. The van der Waals surface area contributed by atoms with Crippen LogP contribution in [0.15, 0.2) is 45.7 Å². The fraction of sp³-hybridized carbons (Fsp3) is 0.391. The van der Waals surface area contributed by atoms with E-state index in [0.717, 1.165) is 16.3 Å². The maximum Gasteiger partial charge on any atom is 0.324 e. The van der Waals surface area contributed by atoms with Crippen molar-refractivity contribution in [1.29, 1.82) is 0 Å². The van der Waals surface area contributed by atoms with Gasteiger partial charge in [-0.2, -0.15) is 9.52 Å². The Hall–Kier alpha value is -3.31. The number of carbonyl (C=O) groups excluding carboxylic acids is 1. The maximum absolute atomic E-state index is 13.1. The molecule has 10 nitrogen and oxygen atoms in total. The lowest BCUT2D eigenvalue weighted by Crippen LogP contribution is -2.47. The molecule has 0 aliphatic carbocycles. The molecule has 0 amide bonds. The zero-order valence-electron chi connectivity index (χ0n) is 19.9. The number of hydrogen-bond acceptors (Lipinski definition) is 8. The van der Waals surface area contributed by atoms with Crippen molar-refractivity contribution in [3.63, 3.8) is 0 Å². The zero-order valence-corrected chi connectivity index (χ0v) is 20.7. The Labute approximate surface area is 197 Å². The number of nitrogens with one attached hydrogen (secondary N) is 1. The normalized spacial score (nSPS) is 13.6. The molecule has 2 aromatic carbocycles. The van der Waals surface area contributed by atoms with E-state index in [1.165, 1.54) is 16.9 Å². The molecule has 0 radical (unpaired) electrons. The van der Waals surface area contributed by atoms with E-state index in [1.807, 2.05) is 12.1 Å². The Balaban J connectivity index is 1.68. The molecule has 34 heavy (non-hydrogen) atoms. The van der Waals surface area contributed by atoms with Crippen molar-refractivity contribution < 1.29 is 22.4 Å². The smallest absolute Gasteiger partial charge is 0.324 e. The SMILES string of the molecule is CC(C)C(NS(=O)(=O)c1ccc2c(c1)oc1ccc(-c3nnn(C)n3)cc12)C(=O)OC(C)(C)C. The molecule has 1 atom stereocenters. The van der Waals surface area contributed by atoms with Gasteiger partial charge in [0.1, 0.15) is 22.8 Å². The molecule has 4 rings (SSSR count). The van der Waals surface area contributed by atoms with Crippen LogP contribution in [-0.4, -0.2) is 46.2 Å². The highest BCUT2D eigenvalue weighted by Crippen LogP contribution is 2.33. The third-order valence-corrected chi connectivity index (χ3v) is 6.57. The lowest BCUT2D eigenvalue weighted by atomic mass is 10.1. The van der Waals surface area contributed by atoms with E-state index in [2.05, 4.69) is 20.1 Å². The van der Waals surface area contributed by atoms with Crippen molar-refractivity contribution >= 4 is 37.9 Å². The largest absolute Gasteiger partial charge is 0.459 e. The van der Waals surface area contributed by atoms with Crippen molar-refractivity contribution in [3.8, 4) is 11.4 Å². The van der Waals surface area contributed by atoms with Gasteiger partial charge >= 0.3 is 5.97 Å². The van der Waals surface area contributed by atoms with Crippen LogP contribution >= 0.6 is 0 Å². The minimum absolute atomic E-state index is 0.0101. The second kappa shape index (κ2) is 8.48. The molecule has 0 bridgehead atoms. The number of carbonyl (C=O) groups is 1. The van der Waals surface area contributed by atoms with Crippen LogP contribution in [0.3, 0.4) is 0 Å². The van der Waals surface area contributed by atoms with Crippen molar-refractivity contribution in [1.82, 2.24) is 24.9 Å². The van der Waals surface area contributed by atoms with Crippen LogP contribution < -0.4 is 4.72 Å². The number of ether oxygens (including phenoxy) is 1. The summed E-state index contributed by atoms with van der Waals surface area (Å²) in [5, 5.41) is 13.6. The van der Waals surface area contributed by atoms with Crippen LogP contribution in [0.1, 0.15) is 34.6 Å². The summed E-state index contributed by atoms with van der Waals surface area (Å²) in [5.74, 6) is -0.460. The highest BCUT2D eigenvalue weighted by atomic mass is 32.2. The van der Waals surface area contributed by atoms with Gasteiger partial charge < -0.3 is 9.15 Å². The number of nitrogens with zero attached hydrogens (tertiary/aromatic N) is 4. The van der Waals surface area contributed by atoms with E-state index < -0.39 is 27.6 Å². The van der Waals surface area contributed by atoms with E-state index in [4.69, 9.17) is 9.15 Å². The molecule has 2 aromatic heterocycles. The topological polar surface area (TPSA) is 129 Å². The standard InChI is InChI=1S/C23H27N5O5S/c1-13(2)20(22(29)33-23(3,4)5)26-34(30,31)15-8-9-16-17-11-14(21-24-27-28(6)25-21)7-10-18(17)32-19(16)12-15/h7-13,20,26H,1-6H3. The number of furan rings is 1. The number of tetrazole rings is 1. The van der Waals surface area contributed by atoms with Crippen LogP contribution in [0.4, 0.5) is 0 Å². The molecular formula is C23H27N5O5S. The molecule has 0 spiro atoms. The molecule has 0 saturated heterocycles. The third kappa shape index (κ3) is 4.80. The van der Waals surface area contributed by atoms with Gasteiger partial charge in [0, 0.05) is 22.4 Å². The molecule has 0 fully saturated rings. The molecule has 0 aliphatic rings. The highest BCUT2D eigenvalue weighted by molar-refractivity contribution is 7.89. The maximum atomic E-state index is 13.1. The average Bonchev–Trinajstić information content (AvgIpc) is 3.32. The molecule has 0 saturated carbocycles. The summed E-state index contributed by atoms with van der Waals surface area (Å²) in [7, 11) is -2.34. The summed E-state index contributed by atoms with van der Waals surface area (Å²) in [6.45, 7) is 8.71. The first-order chi connectivity index (χ1) is 15.8. The Kier molecular flexibility index (Phi) is 5.94. The Morgan fingerprint density at radius 2 is 1.82 bits per heavy atom. The lowest BCUT2D eigenvalue weighted by Gasteiger charge is -2.26. The Bertz CT molecular complexity index is 1480. The van der Waals surface area contributed by atoms with Gasteiger partial charge in [0.15, 0.2) is 0 Å². The highest BCUT2D eigenvalue weighted by Gasteiger charge is 2.32. The van der Waals surface area contributed by atoms with Crippen LogP contribution in [0, 0.1) is 5.92 Å². The number of rotatable bonds is 6. The van der Waals surface area contributed by atoms with Gasteiger partial charge in [-0.05, 0) is 62.2 Å². The summed E-state index contributed by atoms with van der Waals surface area (Å²) in [5.41, 5.74) is 1.03. The third-order valence-electron chi connectivity index (χ3n) is 5.13. The molecule has 2 heterocycles.